The highest BCUT2D eigenvalue weighted by molar-refractivity contribution is 5.41. The van der Waals surface area contributed by atoms with Gasteiger partial charge < -0.3 is 10.3 Å². The van der Waals surface area contributed by atoms with Crippen molar-refractivity contribution in [2.24, 2.45) is 0 Å². The van der Waals surface area contributed by atoms with Crippen molar-refractivity contribution >= 4 is 11.5 Å². The lowest BCUT2D eigenvalue weighted by molar-refractivity contribution is 0.733. The maximum Gasteiger partial charge on any atom is 0.200 e. The Hall–Kier alpha value is -2.51. The Bertz CT molecular complexity index is 598. The number of anilines is 1. The molecule has 8 nitrogen and oxygen atoms in total. The zero-order valence-electron chi connectivity index (χ0n) is 8.91. The Kier molecular flexibility index (Phi) is 2.37. The molecular formula is C9H10N8. The normalized spacial score (nSPS) is 10.8. The Morgan fingerprint density at radius 2 is 2.35 bits per heavy atom. The van der Waals surface area contributed by atoms with E-state index in [1.165, 1.54) is 4.63 Å². The van der Waals surface area contributed by atoms with Gasteiger partial charge in [0.05, 0.1) is 0 Å². The second-order valence-electron chi connectivity index (χ2n) is 3.46. The number of tetrazole rings is 1. The predicted octanol–water partition coefficient (Wildman–Crippen LogP) is -0.103. The van der Waals surface area contributed by atoms with Gasteiger partial charge in [-0.2, -0.15) is 0 Å². The van der Waals surface area contributed by atoms with E-state index >= 15 is 0 Å². The molecule has 2 N–H and O–H groups in total. The van der Waals surface area contributed by atoms with Crippen molar-refractivity contribution in [1.29, 1.82) is 0 Å². The summed E-state index contributed by atoms with van der Waals surface area (Å²) in [5.41, 5.74) is 0.626. The van der Waals surface area contributed by atoms with Crippen LogP contribution in [-0.2, 0) is 6.42 Å². The van der Waals surface area contributed by atoms with E-state index in [0.717, 1.165) is 24.6 Å². The monoisotopic (exact) mass is 230 g/mol. The molecule has 0 spiro atoms. The van der Waals surface area contributed by atoms with Gasteiger partial charge >= 0.3 is 0 Å². The van der Waals surface area contributed by atoms with Crippen LogP contribution in [0.1, 0.15) is 5.82 Å². The summed E-state index contributed by atoms with van der Waals surface area (Å²) >= 11 is 0. The summed E-state index contributed by atoms with van der Waals surface area (Å²) in [6.07, 6.45) is 4.35. The third-order valence-electron chi connectivity index (χ3n) is 2.29. The van der Waals surface area contributed by atoms with Crippen molar-refractivity contribution in [2.75, 3.05) is 11.9 Å². The van der Waals surface area contributed by atoms with Gasteiger partial charge in [0.1, 0.15) is 11.6 Å². The van der Waals surface area contributed by atoms with Crippen molar-refractivity contribution in [2.45, 2.75) is 6.42 Å². The van der Waals surface area contributed by atoms with Crippen LogP contribution in [-0.4, -0.2) is 41.8 Å². The second-order valence-corrected chi connectivity index (χ2v) is 3.46. The molecule has 0 aromatic carbocycles. The number of nitrogens with zero attached hydrogens (tertiary/aromatic N) is 6. The minimum Gasteiger partial charge on any atom is -0.368 e. The van der Waals surface area contributed by atoms with Gasteiger partial charge in [0.15, 0.2) is 5.65 Å². The van der Waals surface area contributed by atoms with Crippen molar-refractivity contribution < 1.29 is 0 Å². The first kappa shape index (κ1) is 9.70. The number of fused-ring (bicyclic) bond motifs is 1. The molecule has 0 aliphatic carbocycles. The number of rotatable bonds is 4. The third kappa shape index (κ3) is 2.05. The molecule has 0 aliphatic heterocycles. The Morgan fingerprint density at radius 1 is 1.35 bits per heavy atom. The number of H-pyrrole nitrogens is 1. The summed E-state index contributed by atoms with van der Waals surface area (Å²) in [6.45, 7) is 0.744. The van der Waals surface area contributed by atoms with Gasteiger partial charge in [-0.25, -0.2) is 4.98 Å². The maximum absolute atomic E-state index is 4.19. The van der Waals surface area contributed by atoms with Crippen LogP contribution in [0.3, 0.4) is 0 Å². The van der Waals surface area contributed by atoms with Crippen LogP contribution in [0.2, 0.25) is 0 Å². The number of aromatic amines is 1. The molecule has 8 heteroatoms. The van der Waals surface area contributed by atoms with Crippen LogP contribution >= 0.6 is 0 Å². The highest BCUT2D eigenvalue weighted by Gasteiger charge is 2.00. The van der Waals surface area contributed by atoms with Gasteiger partial charge in [0.25, 0.3) is 0 Å². The minimum absolute atomic E-state index is 0.626. The largest absolute Gasteiger partial charge is 0.368 e. The van der Waals surface area contributed by atoms with E-state index in [0.29, 0.717) is 5.65 Å². The van der Waals surface area contributed by atoms with Crippen LogP contribution in [0.25, 0.3) is 5.65 Å². The lowest BCUT2D eigenvalue weighted by atomic mass is 10.4. The predicted molar refractivity (Wildman–Crippen MR) is 59.4 cm³/mol. The summed E-state index contributed by atoms with van der Waals surface area (Å²) in [6, 6.07) is 3.65. The number of aromatic nitrogens is 7. The first-order chi connectivity index (χ1) is 8.42. The lowest BCUT2D eigenvalue weighted by Gasteiger charge is -2.03. The molecule has 3 heterocycles. The fourth-order valence-electron chi connectivity index (χ4n) is 1.49. The molecule has 0 radical (unpaired) electrons. The molecule has 86 valence electrons. The van der Waals surface area contributed by atoms with Gasteiger partial charge in [-0.1, -0.05) is 0 Å². The van der Waals surface area contributed by atoms with E-state index in [1.807, 2.05) is 12.1 Å². The Labute approximate surface area is 96.1 Å². The van der Waals surface area contributed by atoms with Gasteiger partial charge in [-0.05, 0) is 22.6 Å². The molecular weight excluding hydrogens is 220 g/mol. The number of nitrogens with one attached hydrogen (secondary N) is 2. The van der Waals surface area contributed by atoms with E-state index in [4.69, 9.17) is 0 Å². The van der Waals surface area contributed by atoms with E-state index in [-0.39, 0.29) is 0 Å². The van der Waals surface area contributed by atoms with Gasteiger partial charge in [-0.15, -0.1) is 14.8 Å². The van der Waals surface area contributed by atoms with Crippen LogP contribution in [0.4, 0.5) is 5.82 Å². The van der Waals surface area contributed by atoms with E-state index < -0.39 is 0 Å². The van der Waals surface area contributed by atoms with E-state index in [9.17, 15) is 0 Å². The first-order valence-electron chi connectivity index (χ1n) is 5.19. The highest BCUT2D eigenvalue weighted by Crippen LogP contribution is 2.03. The Morgan fingerprint density at radius 3 is 3.24 bits per heavy atom. The van der Waals surface area contributed by atoms with Crippen LogP contribution in [0.15, 0.2) is 24.5 Å². The van der Waals surface area contributed by atoms with Crippen molar-refractivity contribution in [3.63, 3.8) is 0 Å². The third-order valence-corrected chi connectivity index (χ3v) is 2.29. The van der Waals surface area contributed by atoms with Crippen LogP contribution < -0.4 is 5.32 Å². The molecule has 0 amide bonds. The topological polar surface area (TPSA) is 96.7 Å². The standard InChI is InChI=1S/C9H10N8/c1-2-9-13-15-16-17(9)14-8(1)10-4-3-7-11-5-6-12-7/h1-2,5-6H,3-4H2,(H,10,14)(H,11,12). The van der Waals surface area contributed by atoms with E-state index in [1.54, 1.807) is 12.4 Å². The van der Waals surface area contributed by atoms with Crippen LogP contribution in [0, 0.1) is 0 Å². The SMILES string of the molecule is c1c[nH]c(CCNc2ccc3nnnn3n2)n1. The average Bonchev–Trinajstić information content (AvgIpc) is 2.98. The molecule has 3 rings (SSSR count). The molecule has 3 aromatic heterocycles. The average molecular weight is 230 g/mol. The molecule has 0 atom stereocenters. The summed E-state index contributed by atoms with van der Waals surface area (Å²) in [5.74, 6) is 1.68. The molecule has 0 bridgehead atoms. The van der Waals surface area contributed by atoms with Gasteiger partial charge in [0.2, 0.25) is 0 Å². The molecule has 0 fully saturated rings. The molecule has 0 saturated heterocycles. The fraction of sp³-hybridized carbons (Fsp3) is 0.222. The minimum atomic E-state index is 0.626. The first-order valence-corrected chi connectivity index (χ1v) is 5.19. The van der Waals surface area contributed by atoms with Crippen LogP contribution in [0.5, 0.6) is 0 Å². The zero-order chi connectivity index (χ0) is 11.5. The second kappa shape index (κ2) is 4.16. The fourth-order valence-corrected chi connectivity index (χ4v) is 1.49. The van der Waals surface area contributed by atoms with Crippen molar-refractivity contribution in [1.82, 2.24) is 35.2 Å². The highest BCUT2D eigenvalue weighted by atomic mass is 15.6. The van der Waals surface area contributed by atoms with Gasteiger partial charge in [-0.3, -0.25) is 0 Å². The maximum atomic E-state index is 4.19. The van der Waals surface area contributed by atoms with E-state index in [2.05, 4.69) is 35.9 Å². The zero-order valence-corrected chi connectivity index (χ0v) is 8.91. The number of hydrogen-bond acceptors (Lipinski definition) is 6. The quantitative estimate of drug-likeness (QED) is 0.649. The smallest absolute Gasteiger partial charge is 0.200 e. The van der Waals surface area contributed by atoms with Crippen molar-refractivity contribution in [3.8, 4) is 0 Å². The van der Waals surface area contributed by atoms with Crippen molar-refractivity contribution in [3.05, 3.63) is 30.4 Å². The van der Waals surface area contributed by atoms with Gasteiger partial charge in [0, 0.05) is 25.4 Å². The lowest BCUT2D eigenvalue weighted by Crippen LogP contribution is -2.09. The summed E-state index contributed by atoms with van der Waals surface area (Å²) < 4.78 is 1.38. The number of hydrogen-bond donors (Lipinski definition) is 2. The summed E-state index contributed by atoms with van der Waals surface area (Å²) in [5, 5.41) is 18.4. The molecule has 0 unspecified atom stereocenters. The molecule has 0 saturated carbocycles. The summed E-state index contributed by atoms with van der Waals surface area (Å²) in [4.78, 5) is 7.18. The Balaban J connectivity index is 1.64. The molecule has 3 aromatic rings. The number of imidazole rings is 1. The molecule has 17 heavy (non-hydrogen) atoms. The summed E-state index contributed by atoms with van der Waals surface area (Å²) in [7, 11) is 0. The molecule has 0 aliphatic rings.